The minimum absolute atomic E-state index is 0.0840. The van der Waals surface area contributed by atoms with E-state index in [4.69, 9.17) is 4.74 Å². The van der Waals surface area contributed by atoms with Crippen molar-refractivity contribution in [1.29, 1.82) is 0 Å². The van der Waals surface area contributed by atoms with Crippen LogP contribution in [0, 0.1) is 5.41 Å². The van der Waals surface area contributed by atoms with E-state index >= 15 is 0 Å². The van der Waals surface area contributed by atoms with E-state index in [1.54, 1.807) is 0 Å². The Hall–Kier alpha value is -2.90. The zero-order chi connectivity index (χ0) is 30.5. The summed E-state index contributed by atoms with van der Waals surface area (Å²) < 4.78 is 6.55. The lowest BCUT2D eigenvalue weighted by Gasteiger charge is -2.42. The van der Waals surface area contributed by atoms with Gasteiger partial charge in [0.05, 0.1) is 11.7 Å². The topological polar surface area (TPSA) is 9.23 Å². The highest BCUT2D eigenvalue weighted by Crippen LogP contribution is 2.51. The van der Waals surface area contributed by atoms with Crippen molar-refractivity contribution in [2.45, 2.75) is 113 Å². The van der Waals surface area contributed by atoms with E-state index in [9.17, 15) is 0 Å². The second-order valence-corrected chi connectivity index (χ2v) is 13.0. The highest BCUT2D eigenvalue weighted by molar-refractivity contribution is 5.37. The second kappa shape index (κ2) is 16.5. The molecule has 2 atom stereocenters. The first-order chi connectivity index (χ1) is 19.3. The van der Waals surface area contributed by atoms with Crippen LogP contribution in [-0.2, 0) is 4.74 Å². The summed E-state index contributed by atoms with van der Waals surface area (Å²) in [5.41, 5.74) is 9.35. The van der Waals surface area contributed by atoms with Crippen LogP contribution < -0.4 is 0 Å². The van der Waals surface area contributed by atoms with E-state index in [0.29, 0.717) is 0 Å². The summed E-state index contributed by atoms with van der Waals surface area (Å²) in [4.78, 5) is 0. The average Bonchev–Trinajstić information content (AvgIpc) is 3.25. The molecular formula is C40H56O. The molecule has 1 aliphatic carbocycles. The van der Waals surface area contributed by atoms with Gasteiger partial charge in [-0.3, -0.25) is 0 Å². The van der Waals surface area contributed by atoms with Crippen LogP contribution in [0.2, 0.25) is 0 Å². The summed E-state index contributed by atoms with van der Waals surface area (Å²) in [6, 6.07) is 0. The van der Waals surface area contributed by atoms with Crippen molar-refractivity contribution in [2.24, 2.45) is 5.41 Å². The van der Waals surface area contributed by atoms with E-state index in [1.165, 1.54) is 51.9 Å². The number of hydrogen-bond acceptors (Lipinski definition) is 1. The molecule has 0 aromatic carbocycles. The lowest BCUT2D eigenvalue weighted by Crippen LogP contribution is -2.39. The van der Waals surface area contributed by atoms with Crippen molar-refractivity contribution in [3.63, 3.8) is 0 Å². The Labute approximate surface area is 252 Å². The van der Waals surface area contributed by atoms with Gasteiger partial charge in [-0.2, -0.15) is 0 Å². The zero-order valence-corrected chi connectivity index (χ0v) is 27.7. The predicted molar refractivity (Wildman–Crippen MR) is 183 cm³/mol. The third kappa shape index (κ3) is 12.2. The van der Waals surface area contributed by atoms with Gasteiger partial charge in [-0.15, -0.1) is 0 Å². The van der Waals surface area contributed by atoms with Crippen molar-refractivity contribution in [2.75, 3.05) is 0 Å². The SMILES string of the molecule is CC(C)=CCC/C(C)=C/C=C/C(C)=C/C=C/C(C)=C/C=C/C=C(C)/C=C/C=C(\C)C1C=C2C(C)(C)CCCC2(C)O1. The van der Waals surface area contributed by atoms with Gasteiger partial charge in [-0.25, -0.2) is 0 Å². The lowest BCUT2D eigenvalue weighted by atomic mass is 9.67. The molecule has 1 saturated carbocycles. The molecule has 1 heterocycles. The van der Waals surface area contributed by atoms with Crippen LogP contribution >= 0.6 is 0 Å². The predicted octanol–water partition coefficient (Wildman–Crippen LogP) is 12.0. The Bertz CT molecular complexity index is 1220. The van der Waals surface area contributed by atoms with Crippen molar-refractivity contribution in [1.82, 2.24) is 0 Å². The van der Waals surface area contributed by atoms with Gasteiger partial charge in [-0.05, 0) is 110 Å². The fraction of sp³-hybridized carbons (Fsp3) is 0.450. The zero-order valence-electron chi connectivity index (χ0n) is 27.7. The highest BCUT2D eigenvalue weighted by atomic mass is 16.5. The smallest absolute Gasteiger partial charge is 0.0982 e. The molecular weight excluding hydrogens is 496 g/mol. The highest BCUT2D eigenvalue weighted by Gasteiger charge is 2.47. The Kier molecular flexibility index (Phi) is 13.8. The molecule has 1 nitrogen and oxygen atoms in total. The van der Waals surface area contributed by atoms with E-state index in [2.05, 4.69) is 160 Å². The maximum absolute atomic E-state index is 6.55. The molecule has 1 aliphatic heterocycles. The molecule has 0 spiro atoms. The van der Waals surface area contributed by atoms with Crippen molar-refractivity contribution < 1.29 is 4.74 Å². The first-order valence-corrected chi connectivity index (χ1v) is 15.4. The molecule has 0 bridgehead atoms. The number of hydrogen-bond donors (Lipinski definition) is 0. The summed E-state index contributed by atoms with van der Waals surface area (Å²) in [5.74, 6) is 0. The van der Waals surface area contributed by atoms with Gasteiger partial charge >= 0.3 is 0 Å². The van der Waals surface area contributed by atoms with Crippen molar-refractivity contribution in [3.8, 4) is 0 Å². The third-order valence-electron chi connectivity index (χ3n) is 8.01. The molecule has 222 valence electrons. The molecule has 1 fully saturated rings. The van der Waals surface area contributed by atoms with Crippen LogP contribution in [-0.4, -0.2) is 11.7 Å². The lowest BCUT2D eigenvalue weighted by molar-refractivity contribution is -0.0307. The van der Waals surface area contributed by atoms with Crippen molar-refractivity contribution in [3.05, 3.63) is 130 Å². The Balaban J connectivity index is 1.84. The summed E-state index contributed by atoms with van der Waals surface area (Å²) in [7, 11) is 0. The molecule has 0 amide bonds. The van der Waals surface area contributed by atoms with E-state index < -0.39 is 0 Å². The number of allylic oxidation sites excluding steroid dienone is 19. The molecule has 0 radical (unpaired) electrons. The summed E-state index contributed by atoms with van der Waals surface area (Å²) in [6.45, 7) is 22.1. The molecule has 0 aromatic heterocycles. The van der Waals surface area contributed by atoms with Gasteiger partial charge in [0.25, 0.3) is 0 Å². The van der Waals surface area contributed by atoms with E-state index in [-0.39, 0.29) is 17.1 Å². The first kappa shape index (κ1) is 34.3. The van der Waals surface area contributed by atoms with Crippen LogP contribution in [0.3, 0.4) is 0 Å². The monoisotopic (exact) mass is 552 g/mol. The molecule has 2 aliphatic rings. The van der Waals surface area contributed by atoms with Crippen LogP contribution in [0.4, 0.5) is 0 Å². The Morgan fingerprint density at radius 3 is 1.83 bits per heavy atom. The Morgan fingerprint density at radius 1 is 0.732 bits per heavy atom. The van der Waals surface area contributed by atoms with E-state index in [1.807, 2.05) is 0 Å². The quantitative estimate of drug-likeness (QED) is 0.173. The number of ether oxygens (including phenoxy) is 1. The average molecular weight is 553 g/mol. The van der Waals surface area contributed by atoms with Crippen LogP contribution in [0.15, 0.2) is 130 Å². The normalized spacial score (nSPS) is 24.7. The molecule has 2 unspecified atom stereocenters. The maximum atomic E-state index is 6.55. The summed E-state index contributed by atoms with van der Waals surface area (Å²) in [6.07, 6.45) is 38.5. The molecule has 0 aromatic rings. The maximum Gasteiger partial charge on any atom is 0.0982 e. The molecule has 0 N–H and O–H groups in total. The number of rotatable bonds is 12. The van der Waals surface area contributed by atoms with Gasteiger partial charge in [-0.1, -0.05) is 127 Å². The molecule has 0 saturated heterocycles. The standard InChI is InChI=1S/C40H56O/c1-31(2)18-13-21-34(5)23-15-25-35(6)24-14-22-32(3)19-11-12-20-33(4)26-16-27-36(7)37-30-38-39(8,9)28-17-29-40(38,10)41-37/h11-12,14-16,18-20,22-27,30,37H,13,17,21,28-29H2,1-10H3/b12-11+,22-14+,25-15+,26-16+,32-19+,33-20+,34-23+,35-24+,36-27+. The van der Waals surface area contributed by atoms with Gasteiger partial charge in [0.1, 0.15) is 0 Å². The summed E-state index contributed by atoms with van der Waals surface area (Å²) in [5, 5.41) is 0. The fourth-order valence-electron chi connectivity index (χ4n) is 5.48. The van der Waals surface area contributed by atoms with E-state index in [0.717, 1.165) is 19.3 Å². The third-order valence-corrected chi connectivity index (χ3v) is 8.01. The van der Waals surface area contributed by atoms with Crippen LogP contribution in [0.1, 0.15) is 101 Å². The summed E-state index contributed by atoms with van der Waals surface area (Å²) >= 11 is 0. The fourth-order valence-corrected chi connectivity index (χ4v) is 5.48. The Morgan fingerprint density at radius 2 is 1.27 bits per heavy atom. The van der Waals surface area contributed by atoms with Crippen molar-refractivity contribution >= 4 is 0 Å². The molecule has 41 heavy (non-hydrogen) atoms. The van der Waals surface area contributed by atoms with Gasteiger partial charge in [0.2, 0.25) is 0 Å². The van der Waals surface area contributed by atoms with Gasteiger partial charge in [0, 0.05) is 0 Å². The number of fused-ring (bicyclic) bond motifs is 1. The molecule has 1 heteroatoms. The van der Waals surface area contributed by atoms with Gasteiger partial charge < -0.3 is 4.74 Å². The first-order valence-electron chi connectivity index (χ1n) is 15.4. The minimum Gasteiger partial charge on any atom is -0.359 e. The van der Waals surface area contributed by atoms with Crippen LogP contribution in [0.25, 0.3) is 0 Å². The largest absolute Gasteiger partial charge is 0.359 e. The molecule has 2 rings (SSSR count). The minimum atomic E-state index is -0.0966. The second-order valence-electron chi connectivity index (χ2n) is 13.0. The van der Waals surface area contributed by atoms with Crippen LogP contribution in [0.5, 0.6) is 0 Å². The van der Waals surface area contributed by atoms with Gasteiger partial charge in [0.15, 0.2) is 0 Å².